The first-order valence-electron chi connectivity index (χ1n) is 6.09. The standard InChI is InChI=1S/C12H17ClN2OS/c13-8-11(16)14-7-6-12-15-9-4-2-1-3-5-10(9)17-12/h1-8H2,(H,14,16). The van der Waals surface area contributed by atoms with Crippen LogP contribution >= 0.6 is 22.9 Å². The largest absolute Gasteiger partial charge is 0.355 e. The number of nitrogens with one attached hydrogen (secondary N) is 1. The van der Waals surface area contributed by atoms with Crippen LogP contribution in [0, 0.1) is 0 Å². The molecule has 0 radical (unpaired) electrons. The van der Waals surface area contributed by atoms with Crippen molar-refractivity contribution in [2.75, 3.05) is 12.4 Å². The van der Waals surface area contributed by atoms with Crippen molar-refractivity contribution in [3.05, 3.63) is 15.6 Å². The zero-order chi connectivity index (χ0) is 12.1. The molecule has 17 heavy (non-hydrogen) atoms. The van der Waals surface area contributed by atoms with Gasteiger partial charge in [-0.2, -0.15) is 0 Å². The molecule has 1 aliphatic rings. The highest BCUT2D eigenvalue weighted by atomic mass is 35.5. The van der Waals surface area contributed by atoms with Crippen LogP contribution in [0.15, 0.2) is 0 Å². The normalized spacial score (nSPS) is 15.1. The zero-order valence-electron chi connectivity index (χ0n) is 9.80. The highest BCUT2D eigenvalue weighted by Gasteiger charge is 2.13. The molecule has 1 aromatic rings. The molecular weight excluding hydrogens is 256 g/mol. The molecule has 1 amide bonds. The first-order chi connectivity index (χ1) is 8.29. The van der Waals surface area contributed by atoms with Crippen LogP contribution in [0.25, 0.3) is 0 Å². The lowest BCUT2D eigenvalue weighted by Crippen LogP contribution is -2.26. The molecule has 0 spiro atoms. The maximum absolute atomic E-state index is 11.0. The highest BCUT2D eigenvalue weighted by Crippen LogP contribution is 2.26. The summed E-state index contributed by atoms with van der Waals surface area (Å²) in [4.78, 5) is 17.1. The summed E-state index contributed by atoms with van der Waals surface area (Å²) in [6.45, 7) is 0.637. The van der Waals surface area contributed by atoms with E-state index in [0.717, 1.165) is 17.8 Å². The third-order valence-corrected chi connectivity index (χ3v) is 4.38. The Morgan fingerprint density at radius 2 is 2.18 bits per heavy atom. The fourth-order valence-corrected chi connectivity index (χ4v) is 3.30. The molecule has 1 heterocycles. The Hall–Kier alpha value is -0.610. The van der Waals surface area contributed by atoms with E-state index < -0.39 is 0 Å². The number of hydrogen-bond donors (Lipinski definition) is 1. The number of thiazole rings is 1. The van der Waals surface area contributed by atoms with E-state index in [0.29, 0.717) is 6.54 Å². The number of nitrogens with zero attached hydrogens (tertiary/aromatic N) is 1. The summed E-state index contributed by atoms with van der Waals surface area (Å²) in [5, 5.41) is 3.91. The zero-order valence-corrected chi connectivity index (χ0v) is 11.4. The molecule has 3 nitrogen and oxygen atoms in total. The van der Waals surface area contributed by atoms with E-state index in [2.05, 4.69) is 10.3 Å². The first kappa shape index (κ1) is 12.8. The lowest BCUT2D eigenvalue weighted by molar-refractivity contribution is -0.118. The molecule has 5 heteroatoms. The van der Waals surface area contributed by atoms with Crippen LogP contribution in [0.3, 0.4) is 0 Å². The van der Waals surface area contributed by atoms with Crippen LogP contribution in [-0.2, 0) is 24.1 Å². The van der Waals surface area contributed by atoms with Gasteiger partial charge in [-0.05, 0) is 25.7 Å². The molecule has 0 saturated carbocycles. The second-order valence-corrected chi connectivity index (χ2v) is 5.71. The summed E-state index contributed by atoms with van der Waals surface area (Å²) >= 11 is 7.22. The third kappa shape index (κ3) is 3.68. The van der Waals surface area contributed by atoms with Gasteiger partial charge in [0.2, 0.25) is 5.91 Å². The van der Waals surface area contributed by atoms with Crippen molar-refractivity contribution in [3.8, 4) is 0 Å². The smallest absolute Gasteiger partial charge is 0.234 e. The molecule has 0 aliphatic heterocycles. The number of alkyl halides is 1. The number of carbonyl (C=O) groups excluding carboxylic acids is 1. The number of fused-ring (bicyclic) bond motifs is 1. The Balaban J connectivity index is 1.87. The van der Waals surface area contributed by atoms with Crippen molar-refractivity contribution in [2.24, 2.45) is 0 Å². The number of hydrogen-bond acceptors (Lipinski definition) is 3. The molecule has 0 fully saturated rings. The topological polar surface area (TPSA) is 42.0 Å². The summed E-state index contributed by atoms with van der Waals surface area (Å²) in [5.41, 5.74) is 1.30. The number of amides is 1. The van der Waals surface area contributed by atoms with Gasteiger partial charge in [0.05, 0.1) is 10.7 Å². The number of carbonyl (C=O) groups is 1. The fourth-order valence-electron chi connectivity index (χ4n) is 2.05. The van der Waals surface area contributed by atoms with Crippen LogP contribution in [-0.4, -0.2) is 23.3 Å². The lowest BCUT2D eigenvalue weighted by atomic mass is 10.2. The first-order valence-corrected chi connectivity index (χ1v) is 7.45. The minimum Gasteiger partial charge on any atom is -0.355 e. The maximum Gasteiger partial charge on any atom is 0.234 e. The van der Waals surface area contributed by atoms with Gasteiger partial charge in [0.15, 0.2) is 0 Å². The summed E-state index contributed by atoms with van der Waals surface area (Å²) in [5.74, 6) is -0.0706. The number of halogens is 1. The second kappa shape index (κ2) is 6.36. The predicted octanol–water partition coefficient (Wildman–Crippen LogP) is 2.31. The van der Waals surface area contributed by atoms with Crippen molar-refractivity contribution >= 4 is 28.8 Å². The maximum atomic E-state index is 11.0. The van der Waals surface area contributed by atoms with Crippen molar-refractivity contribution in [2.45, 2.75) is 38.5 Å². The van der Waals surface area contributed by atoms with E-state index in [1.807, 2.05) is 11.3 Å². The van der Waals surface area contributed by atoms with Crippen LogP contribution < -0.4 is 5.32 Å². The number of rotatable bonds is 4. The minimum absolute atomic E-state index is 0.0361. The predicted molar refractivity (Wildman–Crippen MR) is 70.8 cm³/mol. The van der Waals surface area contributed by atoms with E-state index in [-0.39, 0.29) is 11.8 Å². The number of aromatic nitrogens is 1. The SMILES string of the molecule is O=C(CCl)NCCc1nc2c(s1)CCCCC2. The van der Waals surface area contributed by atoms with Crippen molar-refractivity contribution in [1.29, 1.82) is 0 Å². The van der Waals surface area contributed by atoms with Crippen molar-refractivity contribution in [3.63, 3.8) is 0 Å². The van der Waals surface area contributed by atoms with Gasteiger partial charge in [-0.25, -0.2) is 4.98 Å². The van der Waals surface area contributed by atoms with Crippen LogP contribution in [0.4, 0.5) is 0 Å². The minimum atomic E-state index is -0.107. The van der Waals surface area contributed by atoms with Crippen LogP contribution in [0.5, 0.6) is 0 Å². The Morgan fingerprint density at radius 1 is 1.35 bits per heavy atom. The highest BCUT2D eigenvalue weighted by molar-refractivity contribution is 7.11. The van der Waals surface area contributed by atoms with Crippen molar-refractivity contribution < 1.29 is 4.79 Å². The van der Waals surface area contributed by atoms with Crippen LogP contribution in [0.1, 0.15) is 34.8 Å². The van der Waals surface area contributed by atoms with Gasteiger partial charge < -0.3 is 5.32 Å². The molecule has 0 unspecified atom stereocenters. The molecule has 1 aliphatic carbocycles. The van der Waals surface area contributed by atoms with E-state index >= 15 is 0 Å². The van der Waals surface area contributed by atoms with E-state index in [9.17, 15) is 4.79 Å². The molecule has 0 bridgehead atoms. The molecule has 0 atom stereocenters. The second-order valence-electron chi connectivity index (χ2n) is 4.27. The molecule has 94 valence electrons. The third-order valence-electron chi connectivity index (χ3n) is 2.92. The van der Waals surface area contributed by atoms with Crippen molar-refractivity contribution in [1.82, 2.24) is 10.3 Å². The van der Waals surface area contributed by atoms with Gasteiger partial charge in [-0.15, -0.1) is 22.9 Å². The molecule has 0 saturated heterocycles. The Kier molecular flexibility index (Phi) is 4.80. The van der Waals surface area contributed by atoms with Gasteiger partial charge in [0.25, 0.3) is 0 Å². The van der Waals surface area contributed by atoms with Gasteiger partial charge in [0.1, 0.15) is 5.88 Å². The molecule has 1 N–H and O–H groups in total. The quantitative estimate of drug-likeness (QED) is 0.675. The van der Waals surface area contributed by atoms with E-state index in [1.54, 1.807) is 0 Å². The van der Waals surface area contributed by atoms with E-state index in [4.69, 9.17) is 11.6 Å². The van der Waals surface area contributed by atoms with Gasteiger partial charge in [0, 0.05) is 17.8 Å². The van der Waals surface area contributed by atoms with Gasteiger partial charge in [-0.3, -0.25) is 4.79 Å². The average Bonchev–Trinajstić information content (AvgIpc) is 2.59. The molecule has 2 rings (SSSR count). The monoisotopic (exact) mass is 272 g/mol. The van der Waals surface area contributed by atoms with Gasteiger partial charge >= 0.3 is 0 Å². The summed E-state index contributed by atoms with van der Waals surface area (Å²) in [6, 6.07) is 0. The summed E-state index contributed by atoms with van der Waals surface area (Å²) < 4.78 is 0. The van der Waals surface area contributed by atoms with E-state index in [1.165, 1.54) is 36.3 Å². The molecule has 0 aromatic carbocycles. The molecule has 1 aromatic heterocycles. The fraction of sp³-hybridized carbons (Fsp3) is 0.667. The van der Waals surface area contributed by atoms with Gasteiger partial charge in [-0.1, -0.05) is 6.42 Å². The van der Waals surface area contributed by atoms with Crippen LogP contribution in [0.2, 0.25) is 0 Å². The average molecular weight is 273 g/mol. The lowest BCUT2D eigenvalue weighted by Gasteiger charge is -1.99. The Bertz CT molecular complexity index is 368. The number of aryl methyl sites for hydroxylation is 2. The molecular formula is C12H17ClN2OS. The Morgan fingerprint density at radius 3 is 3.00 bits per heavy atom. The summed E-state index contributed by atoms with van der Waals surface area (Å²) in [6.07, 6.45) is 7.00. The summed E-state index contributed by atoms with van der Waals surface area (Å²) in [7, 11) is 0. The Labute approximate surface area is 111 Å².